The summed E-state index contributed by atoms with van der Waals surface area (Å²) < 4.78 is 0. The van der Waals surface area contributed by atoms with Gasteiger partial charge in [0.1, 0.15) is 5.82 Å². The molecule has 154 valence electrons. The number of anilines is 3. The zero-order chi connectivity index (χ0) is 20.8. The van der Waals surface area contributed by atoms with Crippen LogP contribution in [-0.2, 0) is 12.8 Å². The van der Waals surface area contributed by atoms with Crippen LogP contribution < -0.4 is 10.2 Å². The molecule has 5 rings (SSSR count). The van der Waals surface area contributed by atoms with Gasteiger partial charge in [0.25, 0.3) is 0 Å². The third kappa shape index (κ3) is 3.24. The first-order chi connectivity index (χ1) is 14.5. The van der Waals surface area contributed by atoms with Crippen molar-refractivity contribution in [3.8, 4) is 0 Å². The number of rotatable bonds is 3. The van der Waals surface area contributed by atoms with E-state index in [2.05, 4.69) is 74.3 Å². The molecular formula is C26H30N4. The summed E-state index contributed by atoms with van der Waals surface area (Å²) in [7, 11) is 0. The van der Waals surface area contributed by atoms with Gasteiger partial charge in [-0.05, 0) is 75.6 Å². The molecule has 0 radical (unpaired) electrons. The minimum atomic E-state index is 0.418. The summed E-state index contributed by atoms with van der Waals surface area (Å²) in [6, 6.07) is 13.8. The van der Waals surface area contributed by atoms with Gasteiger partial charge in [-0.3, -0.25) is 0 Å². The zero-order valence-corrected chi connectivity index (χ0v) is 18.4. The number of hydrogen-bond acceptors (Lipinski definition) is 4. The van der Waals surface area contributed by atoms with Gasteiger partial charge in [0.15, 0.2) is 0 Å². The third-order valence-corrected chi connectivity index (χ3v) is 6.69. The van der Waals surface area contributed by atoms with E-state index in [1.807, 2.05) is 0 Å². The van der Waals surface area contributed by atoms with Crippen molar-refractivity contribution in [2.45, 2.75) is 59.4 Å². The van der Waals surface area contributed by atoms with E-state index in [0.29, 0.717) is 12.0 Å². The Balaban J connectivity index is 1.52. The maximum Gasteiger partial charge on any atom is 0.229 e. The van der Waals surface area contributed by atoms with Crippen molar-refractivity contribution in [1.82, 2.24) is 9.97 Å². The highest BCUT2D eigenvalue weighted by Crippen LogP contribution is 2.41. The Morgan fingerprint density at radius 3 is 2.53 bits per heavy atom. The molecule has 0 saturated heterocycles. The van der Waals surface area contributed by atoms with Gasteiger partial charge < -0.3 is 10.2 Å². The van der Waals surface area contributed by atoms with Gasteiger partial charge in [0.2, 0.25) is 5.95 Å². The normalized spacial score (nSPS) is 17.6. The highest BCUT2D eigenvalue weighted by molar-refractivity contribution is 5.66. The monoisotopic (exact) mass is 398 g/mol. The summed E-state index contributed by atoms with van der Waals surface area (Å²) in [6.07, 6.45) is 4.65. The van der Waals surface area contributed by atoms with E-state index in [1.54, 1.807) is 0 Å². The van der Waals surface area contributed by atoms with Gasteiger partial charge in [-0.15, -0.1) is 0 Å². The molecule has 30 heavy (non-hydrogen) atoms. The van der Waals surface area contributed by atoms with Crippen LogP contribution in [-0.4, -0.2) is 16.5 Å². The topological polar surface area (TPSA) is 41.1 Å². The summed E-state index contributed by atoms with van der Waals surface area (Å²) in [4.78, 5) is 12.4. The van der Waals surface area contributed by atoms with E-state index >= 15 is 0 Å². The molecule has 2 aliphatic rings. The molecule has 1 aliphatic carbocycles. The highest BCUT2D eigenvalue weighted by atomic mass is 15.3. The molecule has 4 heteroatoms. The van der Waals surface area contributed by atoms with Crippen LogP contribution in [0.15, 0.2) is 36.4 Å². The van der Waals surface area contributed by atoms with Crippen LogP contribution in [0, 0.1) is 27.7 Å². The molecule has 3 aromatic rings. The quantitative estimate of drug-likeness (QED) is 0.597. The minimum absolute atomic E-state index is 0.418. The number of fused-ring (bicyclic) bond motifs is 2. The second kappa shape index (κ2) is 7.42. The Kier molecular flexibility index (Phi) is 4.73. The summed E-state index contributed by atoms with van der Waals surface area (Å²) in [5.74, 6) is 1.83. The van der Waals surface area contributed by atoms with Gasteiger partial charge in [0.05, 0.1) is 6.04 Å². The number of hydrogen-bond donors (Lipinski definition) is 1. The second-order valence-corrected chi connectivity index (χ2v) is 8.88. The summed E-state index contributed by atoms with van der Waals surface area (Å²) in [5, 5.41) is 3.53. The number of nitrogens with one attached hydrogen (secondary N) is 1. The third-order valence-electron chi connectivity index (χ3n) is 6.69. The smallest absolute Gasteiger partial charge is 0.229 e. The van der Waals surface area contributed by atoms with Crippen molar-refractivity contribution in [3.05, 3.63) is 75.5 Å². The standard InChI is InChI=1S/C26H30N4/c1-16-14-17(2)24(18(3)15-16)28-26-27-19(4)21-12-13-30(25(21)29-26)23-11-7-9-20-8-5-6-10-22(20)23/h5-6,8,10,14-15,23H,7,9,11-13H2,1-4H3,(H,27,28,29). The van der Waals surface area contributed by atoms with Crippen molar-refractivity contribution in [2.24, 2.45) is 0 Å². The lowest BCUT2D eigenvalue weighted by molar-refractivity contribution is 0.528. The lowest BCUT2D eigenvalue weighted by Crippen LogP contribution is -2.30. The Hall–Kier alpha value is -2.88. The van der Waals surface area contributed by atoms with Crippen LogP contribution in [0.3, 0.4) is 0 Å². The molecule has 1 aromatic heterocycles. The first-order valence-electron chi connectivity index (χ1n) is 11.1. The molecule has 0 amide bonds. The molecule has 1 atom stereocenters. The summed E-state index contributed by atoms with van der Waals surface area (Å²) in [6.45, 7) is 9.58. The fourth-order valence-electron chi connectivity index (χ4n) is 5.35. The molecule has 1 N–H and O–H groups in total. The van der Waals surface area contributed by atoms with Crippen LogP contribution >= 0.6 is 0 Å². The molecule has 1 aliphatic heterocycles. The number of aromatic nitrogens is 2. The van der Waals surface area contributed by atoms with Crippen molar-refractivity contribution < 1.29 is 0 Å². The Labute approximate surface area is 179 Å². The van der Waals surface area contributed by atoms with Crippen molar-refractivity contribution in [3.63, 3.8) is 0 Å². The molecule has 4 nitrogen and oxygen atoms in total. The largest absolute Gasteiger partial charge is 0.349 e. The Morgan fingerprint density at radius 1 is 0.967 bits per heavy atom. The molecular weight excluding hydrogens is 368 g/mol. The second-order valence-electron chi connectivity index (χ2n) is 8.88. The van der Waals surface area contributed by atoms with Gasteiger partial charge in [0, 0.05) is 23.5 Å². The SMILES string of the molecule is Cc1cc(C)c(Nc2nc(C)c3c(n2)N(C2CCCc4ccccc42)CC3)c(C)c1. The molecule has 0 bridgehead atoms. The van der Waals surface area contributed by atoms with E-state index in [9.17, 15) is 0 Å². The van der Waals surface area contributed by atoms with Gasteiger partial charge >= 0.3 is 0 Å². The predicted molar refractivity (Wildman–Crippen MR) is 124 cm³/mol. The Morgan fingerprint density at radius 2 is 1.73 bits per heavy atom. The van der Waals surface area contributed by atoms with Gasteiger partial charge in [-0.1, -0.05) is 42.0 Å². The first-order valence-corrected chi connectivity index (χ1v) is 11.1. The lowest BCUT2D eigenvalue weighted by atomic mass is 9.87. The molecule has 0 spiro atoms. The highest BCUT2D eigenvalue weighted by Gasteiger charge is 2.33. The number of nitrogens with zero attached hydrogens (tertiary/aromatic N) is 3. The number of aryl methyl sites for hydroxylation is 5. The van der Waals surface area contributed by atoms with Crippen molar-refractivity contribution >= 4 is 17.5 Å². The average molecular weight is 399 g/mol. The first kappa shape index (κ1) is 19.1. The maximum atomic E-state index is 5.05. The van der Waals surface area contributed by atoms with Gasteiger partial charge in [-0.2, -0.15) is 4.98 Å². The zero-order valence-electron chi connectivity index (χ0n) is 18.4. The molecule has 0 saturated carbocycles. The molecule has 0 fully saturated rings. The van der Waals surface area contributed by atoms with Crippen molar-refractivity contribution in [1.29, 1.82) is 0 Å². The van der Waals surface area contributed by atoms with Crippen LogP contribution in [0.25, 0.3) is 0 Å². The van der Waals surface area contributed by atoms with Crippen LogP contribution in [0.4, 0.5) is 17.5 Å². The molecule has 2 aromatic carbocycles. The molecule has 1 unspecified atom stereocenters. The van der Waals surface area contributed by atoms with E-state index in [-0.39, 0.29) is 0 Å². The van der Waals surface area contributed by atoms with Crippen LogP contribution in [0.1, 0.15) is 58.0 Å². The molecule has 2 heterocycles. The van der Waals surface area contributed by atoms with Crippen molar-refractivity contribution in [2.75, 3.05) is 16.8 Å². The minimum Gasteiger partial charge on any atom is -0.349 e. The predicted octanol–water partition coefficient (Wildman–Crippen LogP) is 5.89. The van der Waals surface area contributed by atoms with E-state index in [1.165, 1.54) is 52.6 Å². The van der Waals surface area contributed by atoms with Gasteiger partial charge in [-0.25, -0.2) is 4.98 Å². The van der Waals surface area contributed by atoms with E-state index in [0.717, 1.165) is 30.2 Å². The fourth-order valence-corrected chi connectivity index (χ4v) is 5.35. The number of benzene rings is 2. The summed E-state index contributed by atoms with van der Waals surface area (Å²) in [5.41, 5.74) is 10.2. The van der Waals surface area contributed by atoms with E-state index < -0.39 is 0 Å². The Bertz CT molecular complexity index is 1100. The van der Waals surface area contributed by atoms with E-state index in [4.69, 9.17) is 9.97 Å². The summed E-state index contributed by atoms with van der Waals surface area (Å²) >= 11 is 0. The lowest BCUT2D eigenvalue weighted by Gasteiger charge is -2.34. The van der Waals surface area contributed by atoms with Crippen LogP contribution in [0.5, 0.6) is 0 Å². The maximum absolute atomic E-state index is 5.05. The van der Waals surface area contributed by atoms with Crippen LogP contribution in [0.2, 0.25) is 0 Å². The fraction of sp³-hybridized carbons (Fsp3) is 0.385. The average Bonchev–Trinajstić information content (AvgIpc) is 3.14.